The molecule has 4 aromatic rings. The first-order chi connectivity index (χ1) is 16.0. The van der Waals surface area contributed by atoms with Crippen molar-refractivity contribution in [3.8, 4) is 39.8 Å². The Balaban J connectivity index is 1.42. The number of aryl methyl sites for hydroxylation is 1. The Morgan fingerprint density at radius 2 is 1.88 bits per heavy atom. The van der Waals surface area contributed by atoms with E-state index in [0.717, 1.165) is 39.4 Å². The van der Waals surface area contributed by atoms with Crippen LogP contribution in [0.25, 0.3) is 22.5 Å². The Hall–Kier alpha value is -3.85. The number of thiazole rings is 1. The minimum Gasteiger partial charge on any atom is -0.497 e. The van der Waals surface area contributed by atoms with Crippen LogP contribution in [0.3, 0.4) is 0 Å². The van der Waals surface area contributed by atoms with E-state index in [-0.39, 0.29) is 5.91 Å². The quantitative estimate of drug-likeness (QED) is 0.403. The molecule has 1 amide bonds. The summed E-state index contributed by atoms with van der Waals surface area (Å²) in [6.07, 6.45) is 0.592. The lowest BCUT2D eigenvalue weighted by Gasteiger charge is -2.11. The summed E-state index contributed by atoms with van der Waals surface area (Å²) in [7, 11) is 6.68. The van der Waals surface area contributed by atoms with Crippen LogP contribution < -0.4 is 19.5 Å². The molecule has 9 heteroatoms. The molecule has 0 saturated heterocycles. The second kappa shape index (κ2) is 8.25. The molecule has 0 saturated carbocycles. The summed E-state index contributed by atoms with van der Waals surface area (Å²) in [6, 6.07) is 11.5. The Morgan fingerprint density at radius 1 is 1.09 bits per heavy atom. The van der Waals surface area contributed by atoms with Gasteiger partial charge in [-0.25, -0.2) is 4.98 Å². The van der Waals surface area contributed by atoms with Gasteiger partial charge in [0.25, 0.3) is 5.91 Å². The number of nitrogens with one attached hydrogen (secondary N) is 1. The minimum absolute atomic E-state index is 0.287. The number of hydrogen-bond acceptors (Lipinski definition) is 7. The van der Waals surface area contributed by atoms with E-state index in [9.17, 15) is 4.79 Å². The number of hydrogen-bond donors (Lipinski definition) is 1. The number of nitrogens with zero attached hydrogens (tertiary/aromatic N) is 3. The van der Waals surface area contributed by atoms with Crippen LogP contribution in [0.2, 0.25) is 0 Å². The maximum absolute atomic E-state index is 13.1. The highest BCUT2D eigenvalue weighted by Gasteiger charge is 2.31. The third-order valence-electron chi connectivity index (χ3n) is 5.68. The standard InChI is InChI=1S/C24H22N4O4S/c1-28-22-16-11-20(32-4)19(31-3)10-14(16)9-17(22)21(27-28)23(29)26-24-25-18(12-33-24)13-6-5-7-15(8-13)30-2/h5-8,10-12H,9H2,1-4H3,(H,25,26,29). The van der Waals surface area contributed by atoms with Crippen LogP contribution in [-0.4, -0.2) is 42.0 Å². The molecule has 0 unspecified atom stereocenters. The molecule has 0 bridgehead atoms. The van der Waals surface area contributed by atoms with E-state index < -0.39 is 0 Å². The summed E-state index contributed by atoms with van der Waals surface area (Å²) in [5.41, 5.74) is 5.93. The van der Waals surface area contributed by atoms with Crippen LogP contribution in [0.15, 0.2) is 41.8 Å². The summed E-state index contributed by atoms with van der Waals surface area (Å²) in [5, 5.41) is 9.82. The molecule has 2 aromatic carbocycles. The average molecular weight is 463 g/mol. The van der Waals surface area contributed by atoms with Crippen molar-refractivity contribution < 1.29 is 19.0 Å². The molecule has 1 aliphatic rings. The number of rotatable bonds is 6. The van der Waals surface area contributed by atoms with Crippen molar-refractivity contribution in [2.75, 3.05) is 26.6 Å². The topological polar surface area (TPSA) is 87.5 Å². The monoisotopic (exact) mass is 462 g/mol. The number of fused-ring (bicyclic) bond motifs is 3. The van der Waals surface area contributed by atoms with Gasteiger partial charge in [-0.15, -0.1) is 11.3 Å². The molecule has 0 aliphatic heterocycles. The lowest BCUT2D eigenvalue weighted by atomic mass is 10.1. The molecule has 8 nitrogen and oxygen atoms in total. The fraction of sp³-hybridized carbons (Fsp3) is 0.208. The van der Waals surface area contributed by atoms with Crippen molar-refractivity contribution in [2.24, 2.45) is 7.05 Å². The van der Waals surface area contributed by atoms with Crippen LogP contribution >= 0.6 is 11.3 Å². The van der Waals surface area contributed by atoms with Crippen LogP contribution in [-0.2, 0) is 13.5 Å². The zero-order valence-corrected chi connectivity index (χ0v) is 19.4. The van der Waals surface area contributed by atoms with Gasteiger partial charge in [0.15, 0.2) is 22.3 Å². The molecule has 1 N–H and O–H groups in total. The van der Waals surface area contributed by atoms with E-state index >= 15 is 0 Å². The fourth-order valence-corrected chi connectivity index (χ4v) is 4.85. The highest BCUT2D eigenvalue weighted by atomic mass is 32.1. The third-order valence-corrected chi connectivity index (χ3v) is 6.44. The number of anilines is 1. The second-order valence-corrected chi connectivity index (χ2v) is 8.42. The normalized spacial score (nSPS) is 11.6. The SMILES string of the molecule is COc1cccc(-c2csc(NC(=O)c3nn(C)c4c3Cc3cc(OC)c(OC)cc3-4)n2)c1. The molecule has 0 spiro atoms. The van der Waals surface area contributed by atoms with Gasteiger partial charge in [0.05, 0.1) is 32.7 Å². The first-order valence-electron chi connectivity index (χ1n) is 10.2. The number of carbonyl (C=O) groups excluding carboxylic acids is 1. The van der Waals surface area contributed by atoms with Crippen LogP contribution in [0, 0.1) is 0 Å². The van der Waals surface area contributed by atoms with Gasteiger partial charge >= 0.3 is 0 Å². The summed E-state index contributed by atoms with van der Waals surface area (Å²) in [5.74, 6) is 1.77. The second-order valence-electron chi connectivity index (χ2n) is 7.56. The number of ether oxygens (including phenoxy) is 3. The number of aromatic nitrogens is 3. The predicted molar refractivity (Wildman–Crippen MR) is 127 cm³/mol. The van der Waals surface area contributed by atoms with Crippen molar-refractivity contribution in [2.45, 2.75) is 6.42 Å². The van der Waals surface area contributed by atoms with Gasteiger partial charge in [-0.3, -0.25) is 14.8 Å². The van der Waals surface area contributed by atoms with Crippen molar-refractivity contribution in [3.63, 3.8) is 0 Å². The molecular weight excluding hydrogens is 440 g/mol. The van der Waals surface area contributed by atoms with E-state index in [1.54, 1.807) is 26.0 Å². The highest BCUT2D eigenvalue weighted by Crippen LogP contribution is 2.43. The molecule has 0 fully saturated rings. The van der Waals surface area contributed by atoms with Gasteiger partial charge in [-0.05, 0) is 29.8 Å². The largest absolute Gasteiger partial charge is 0.497 e. The maximum atomic E-state index is 13.1. The van der Waals surface area contributed by atoms with E-state index in [1.165, 1.54) is 11.3 Å². The molecule has 2 aromatic heterocycles. The van der Waals surface area contributed by atoms with Crippen molar-refractivity contribution >= 4 is 22.4 Å². The van der Waals surface area contributed by atoms with E-state index in [1.807, 2.05) is 48.8 Å². The molecule has 168 valence electrons. The lowest BCUT2D eigenvalue weighted by Crippen LogP contribution is -2.14. The number of carbonyl (C=O) groups is 1. The number of methoxy groups -OCH3 is 3. The van der Waals surface area contributed by atoms with Gasteiger partial charge < -0.3 is 14.2 Å². The van der Waals surface area contributed by atoms with Gasteiger partial charge in [-0.1, -0.05) is 12.1 Å². The fourth-order valence-electron chi connectivity index (χ4n) is 4.14. The molecular formula is C24H22N4O4S. The van der Waals surface area contributed by atoms with Gasteiger partial charge in [-0.2, -0.15) is 5.10 Å². The Bertz CT molecular complexity index is 1380. The molecule has 33 heavy (non-hydrogen) atoms. The first-order valence-corrected chi connectivity index (χ1v) is 11.1. The van der Waals surface area contributed by atoms with Crippen LogP contribution in [0.4, 0.5) is 5.13 Å². The lowest BCUT2D eigenvalue weighted by molar-refractivity contribution is 0.102. The van der Waals surface area contributed by atoms with E-state index in [2.05, 4.69) is 15.4 Å². The predicted octanol–water partition coefficient (Wildman–Crippen LogP) is 4.39. The van der Waals surface area contributed by atoms with Crippen molar-refractivity contribution in [1.82, 2.24) is 14.8 Å². The zero-order chi connectivity index (χ0) is 23.1. The minimum atomic E-state index is -0.287. The smallest absolute Gasteiger partial charge is 0.278 e. The van der Waals surface area contributed by atoms with Gasteiger partial charge in [0.2, 0.25) is 0 Å². The van der Waals surface area contributed by atoms with Crippen molar-refractivity contribution in [3.05, 3.63) is 58.6 Å². The van der Waals surface area contributed by atoms with Gasteiger partial charge in [0, 0.05) is 35.5 Å². The molecule has 0 atom stereocenters. The first kappa shape index (κ1) is 21.0. The number of benzene rings is 2. The van der Waals surface area contributed by atoms with Crippen molar-refractivity contribution in [1.29, 1.82) is 0 Å². The summed E-state index contributed by atoms with van der Waals surface area (Å²) < 4.78 is 17.9. The van der Waals surface area contributed by atoms with Gasteiger partial charge in [0.1, 0.15) is 5.75 Å². The van der Waals surface area contributed by atoms with Crippen LogP contribution in [0.5, 0.6) is 17.2 Å². The molecule has 5 rings (SSSR count). The number of amides is 1. The maximum Gasteiger partial charge on any atom is 0.278 e. The molecule has 2 heterocycles. The molecule has 0 radical (unpaired) electrons. The summed E-state index contributed by atoms with van der Waals surface area (Å²) in [4.78, 5) is 17.7. The Kier molecular flexibility index (Phi) is 5.26. The Labute approximate surface area is 194 Å². The zero-order valence-electron chi connectivity index (χ0n) is 18.6. The third kappa shape index (κ3) is 3.60. The van der Waals surface area contributed by atoms with E-state index in [0.29, 0.717) is 28.7 Å². The van der Waals surface area contributed by atoms with Crippen LogP contribution in [0.1, 0.15) is 21.6 Å². The van der Waals surface area contributed by atoms with E-state index in [4.69, 9.17) is 14.2 Å². The molecule has 1 aliphatic carbocycles. The summed E-state index contributed by atoms with van der Waals surface area (Å²) >= 11 is 1.37. The Morgan fingerprint density at radius 3 is 2.64 bits per heavy atom. The highest BCUT2D eigenvalue weighted by molar-refractivity contribution is 7.14. The average Bonchev–Trinajstić information content (AvgIpc) is 3.53. The summed E-state index contributed by atoms with van der Waals surface area (Å²) in [6.45, 7) is 0.